The van der Waals surface area contributed by atoms with Gasteiger partial charge in [-0.05, 0) is 50.0 Å². The zero-order chi connectivity index (χ0) is 51.3. The lowest BCUT2D eigenvalue weighted by molar-refractivity contribution is -0.168. The number of hydrogen-bond acceptors (Lipinski definition) is 16. The SMILES string of the molecule is CC[C@H](C)[C@@H]1NC(=O)[C@H](Cc2ccccc2)N(C)C(=O)[C@H]([C@@H](C)CC)N2C(=O)[C@H](CC[C@H]2O)NC(=O)[C@H](CCCN=C(N)N)NC(=O)[C@@H](NC(=O)[C@@H](COS(=O)(=O)O)OS(=O)(=O)O)[C@@H](C)OC1=O. The number of aliphatic hydroxyl groups excluding tert-OH is 1. The van der Waals surface area contributed by atoms with E-state index in [1.165, 1.54) is 7.05 Å². The topological polar surface area (TPSA) is 395 Å². The molecule has 26 nitrogen and oxygen atoms in total. The fourth-order valence-electron chi connectivity index (χ4n) is 7.46. The first-order valence-electron chi connectivity index (χ1n) is 21.7. The fourth-order valence-corrected chi connectivity index (χ4v) is 8.19. The van der Waals surface area contributed by atoms with Crippen molar-refractivity contribution in [2.75, 3.05) is 20.2 Å². The van der Waals surface area contributed by atoms with Crippen LogP contribution in [0.1, 0.15) is 78.7 Å². The first-order valence-corrected chi connectivity index (χ1v) is 24.5. The van der Waals surface area contributed by atoms with Crippen LogP contribution in [0, 0.1) is 11.8 Å². The van der Waals surface area contributed by atoms with Crippen LogP contribution in [0.25, 0.3) is 0 Å². The average molecular weight is 1010 g/mol. The van der Waals surface area contributed by atoms with Gasteiger partial charge in [-0.2, -0.15) is 16.8 Å². The predicted octanol–water partition coefficient (Wildman–Crippen LogP) is -2.60. The summed E-state index contributed by atoms with van der Waals surface area (Å²) >= 11 is 0. The molecule has 2 aliphatic heterocycles. The summed E-state index contributed by atoms with van der Waals surface area (Å²) in [6, 6.07) is -0.897. The molecule has 0 unspecified atom stereocenters. The Kier molecular flexibility index (Phi) is 21.0. The first-order chi connectivity index (χ1) is 31.7. The predicted molar refractivity (Wildman–Crippen MR) is 239 cm³/mol. The molecule has 2 fully saturated rings. The molecular weight excluding hydrogens is 943 g/mol. The Hall–Kier alpha value is -5.52. The van der Waals surface area contributed by atoms with Crippen molar-refractivity contribution in [2.24, 2.45) is 28.3 Å². The number of fused-ring (bicyclic) bond motifs is 2. The largest absolute Gasteiger partial charge is 0.458 e. The molecule has 3 rings (SSSR count). The zero-order valence-electron chi connectivity index (χ0n) is 38.5. The number of aliphatic imine (C=N–C) groups is 1. The number of nitrogens with two attached hydrogens (primary N) is 2. The third kappa shape index (κ3) is 16.6. The van der Waals surface area contributed by atoms with E-state index in [1.807, 2.05) is 5.32 Å². The second-order valence-corrected chi connectivity index (χ2v) is 18.7. The standard InChI is InChI=1S/C40H63N9O17S2/c1-7-21(3)30-39(57)65-23(5)31(47-35(53)28(66-68(61,62)63)20-64-67(58,59)60)36(54)44-25(15-12-18-43-40(41)42)33(51)45-26-16-17-29(50)49(37(26)55)32(22(4)8-2)38(56)48(6)27(34(52)46-30)19-24-13-10-9-11-14-24/h9-11,13-14,21-23,25-32,50H,7-8,12,15-20H2,1-6H3,(H,44,54)(H,45,51)(H,46,52)(H,47,53)(H4,41,42,43)(H,58,59,60)(H,61,62,63)/t21-,22-,23+,25-,26-,27-,28+,29+,30-,31-,32-/m0/s1. The van der Waals surface area contributed by atoms with Gasteiger partial charge in [0.15, 0.2) is 12.1 Å². The van der Waals surface area contributed by atoms with Gasteiger partial charge < -0.3 is 52.4 Å². The minimum atomic E-state index is -5.58. The lowest BCUT2D eigenvalue weighted by atomic mass is 9.91. The molecule has 0 saturated carbocycles. The van der Waals surface area contributed by atoms with Crippen molar-refractivity contribution in [3.05, 3.63) is 35.9 Å². The maximum atomic E-state index is 14.8. The second kappa shape index (κ2) is 25.2. The Morgan fingerprint density at radius 2 is 1.54 bits per heavy atom. The number of nitrogens with zero attached hydrogens (tertiary/aromatic N) is 3. The molecule has 2 bridgehead atoms. The molecule has 1 aromatic rings. The van der Waals surface area contributed by atoms with E-state index < -0.39 is 135 Å². The minimum Gasteiger partial charge on any atom is -0.458 e. The maximum absolute atomic E-state index is 14.8. The highest BCUT2D eigenvalue weighted by Gasteiger charge is 2.47. The van der Waals surface area contributed by atoms with Gasteiger partial charge in [0, 0.05) is 20.0 Å². The molecule has 2 saturated heterocycles. The minimum absolute atomic E-state index is 0.00408. The number of esters is 1. The van der Waals surface area contributed by atoms with E-state index in [-0.39, 0.29) is 51.0 Å². The summed E-state index contributed by atoms with van der Waals surface area (Å²) in [6.07, 6.45) is -6.08. The number of hydrogen-bond donors (Lipinski definition) is 9. The summed E-state index contributed by atoms with van der Waals surface area (Å²) in [5.74, 6) is -9.34. The van der Waals surface area contributed by atoms with E-state index in [0.29, 0.717) is 12.0 Å². The Balaban J connectivity index is 2.29. The zero-order valence-corrected chi connectivity index (χ0v) is 40.1. The van der Waals surface area contributed by atoms with E-state index in [2.05, 4.69) is 29.3 Å². The van der Waals surface area contributed by atoms with E-state index in [1.54, 1.807) is 58.0 Å². The van der Waals surface area contributed by atoms with Crippen LogP contribution in [0.2, 0.25) is 0 Å². The third-order valence-electron chi connectivity index (χ3n) is 11.6. The molecule has 28 heteroatoms. The number of cyclic esters (lactones) is 1. The molecular formula is C40H63N9O17S2. The molecule has 0 spiro atoms. The summed E-state index contributed by atoms with van der Waals surface area (Å²) < 4.78 is 78.6. The van der Waals surface area contributed by atoms with Crippen molar-refractivity contribution in [1.29, 1.82) is 0 Å². The van der Waals surface area contributed by atoms with Crippen molar-refractivity contribution in [3.63, 3.8) is 0 Å². The maximum Gasteiger partial charge on any atom is 0.398 e. The number of ether oxygens (including phenoxy) is 1. The molecule has 6 amide bonds. The number of rotatable bonds is 17. The molecule has 0 radical (unpaired) electrons. The smallest absolute Gasteiger partial charge is 0.398 e. The summed E-state index contributed by atoms with van der Waals surface area (Å²) in [5.41, 5.74) is 11.5. The summed E-state index contributed by atoms with van der Waals surface area (Å²) in [5, 5.41) is 21.1. The van der Waals surface area contributed by atoms with Gasteiger partial charge in [0.05, 0.1) is 0 Å². The van der Waals surface area contributed by atoms with Crippen LogP contribution in [0.3, 0.4) is 0 Å². The Morgan fingerprint density at radius 1 is 0.912 bits per heavy atom. The average Bonchev–Trinajstić information content (AvgIpc) is 3.26. The molecule has 68 heavy (non-hydrogen) atoms. The van der Waals surface area contributed by atoms with Crippen LogP contribution in [-0.4, -0.2) is 163 Å². The van der Waals surface area contributed by atoms with Crippen molar-refractivity contribution < 1.29 is 77.7 Å². The van der Waals surface area contributed by atoms with Crippen molar-refractivity contribution >= 4 is 68.2 Å². The molecule has 0 aliphatic carbocycles. The van der Waals surface area contributed by atoms with E-state index in [0.717, 1.165) is 16.7 Å². The van der Waals surface area contributed by atoms with E-state index in [4.69, 9.17) is 20.8 Å². The number of amides is 6. The number of piperidine rings is 1. The quantitative estimate of drug-likeness (QED) is 0.0254. The van der Waals surface area contributed by atoms with Gasteiger partial charge in [-0.25, -0.2) is 13.2 Å². The van der Waals surface area contributed by atoms with Crippen LogP contribution in [0.5, 0.6) is 0 Å². The number of benzene rings is 1. The molecule has 1 aromatic carbocycles. The lowest BCUT2D eigenvalue weighted by Gasteiger charge is -2.44. The highest BCUT2D eigenvalue weighted by molar-refractivity contribution is 7.81. The van der Waals surface area contributed by atoms with Gasteiger partial charge >= 0.3 is 26.8 Å². The number of nitrogens with one attached hydrogen (secondary N) is 4. The normalized spacial score (nSPS) is 26.4. The van der Waals surface area contributed by atoms with Gasteiger partial charge in [-0.15, -0.1) is 0 Å². The molecule has 382 valence electrons. The van der Waals surface area contributed by atoms with Gasteiger partial charge in [0.1, 0.15) is 55.2 Å². The molecule has 11 atom stereocenters. The number of carbonyl (C=O) groups excluding carboxylic acids is 7. The van der Waals surface area contributed by atoms with Crippen LogP contribution >= 0.6 is 0 Å². The molecule has 2 heterocycles. The van der Waals surface area contributed by atoms with Gasteiger partial charge in [0.2, 0.25) is 29.5 Å². The summed E-state index contributed by atoms with van der Waals surface area (Å²) in [7, 11) is -9.61. The number of guanidine groups is 1. The van der Waals surface area contributed by atoms with Gasteiger partial charge in [0.25, 0.3) is 5.91 Å². The molecule has 2 aliphatic rings. The molecule has 11 N–H and O–H groups in total. The van der Waals surface area contributed by atoms with Crippen LogP contribution in [0.15, 0.2) is 35.3 Å². The fraction of sp³-hybridized carbons (Fsp3) is 0.650. The summed E-state index contributed by atoms with van der Waals surface area (Å²) in [6.45, 7) is 6.10. The van der Waals surface area contributed by atoms with Crippen molar-refractivity contribution in [1.82, 2.24) is 31.1 Å². The van der Waals surface area contributed by atoms with Gasteiger partial charge in [-0.3, -0.25) is 42.9 Å². The van der Waals surface area contributed by atoms with E-state index >= 15 is 0 Å². The Morgan fingerprint density at radius 3 is 2.12 bits per heavy atom. The van der Waals surface area contributed by atoms with Crippen molar-refractivity contribution in [3.8, 4) is 0 Å². The highest BCUT2D eigenvalue weighted by Crippen LogP contribution is 2.28. The van der Waals surface area contributed by atoms with Gasteiger partial charge in [-0.1, -0.05) is 70.9 Å². The highest BCUT2D eigenvalue weighted by atomic mass is 32.3. The number of likely N-dealkylation sites (N-methyl/N-ethyl adjacent to an activating group) is 1. The van der Waals surface area contributed by atoms with Crippen molar-refractivity contribution in [2.45, 2.75) is 134 Å². The third-order valence-corrected chi connectivity index (χ3v) is 12.5. The van der Waals surface area contributed by atoms with Crippen LogP contribution < -0.4 is 32.7 Å². The van der Waals surface area contributed by atoms with E-state index in [9.17, 15) is 60.1 Å². The Bertz CT molecular complexity index is 2220. The second-order valence-electron chi connectivity index (χ2n) is 16.6. The Labute approximate surface area is 394 Å². The lowest BCUT2D eigenvalue weighted by Crippen LogP contribution is -2.66. The van der Waals surface area contributed by atoms with Crippen LogP contribution in [-0.2, 0) is 73.9 Å². The number of aliphatic hydroxyl groups is 1. The summed E-state index contributed by atoms with van der Waals surface area (Å²) in [4.78, 5) is 106. The number of carbonyl (C=O) groups is 7. The monoisotopic (exact) mass is 1010 g/mol. The van der Waals surface area contributed by atoms with Crippen LogP contribution in [0.4, 0.5) is 0 Å². The molecule has 0 aromatic heterocycles. The first kappa shape index (κ1) is 56.8.